The van der Waals surface area contributed by atoms with Crippen LogP contribution in [0.25, 0.3) is 0 Å². The summed E-state index contributed by atoms with van der Waals surface area (Å²) in [4.78, 5) is 0. The molecule has 1 fully saturated rings. The lowest BCUT2D eigenvalue weighted by Crippen LogP contribution is -2.45. The number of benzene rings is 1. The number of hydrogen-bond donors (Lipinski definition) is 1. The van der Waals surface area contributed by atoms with Crippen LogP contribution in [0.15, 0.2) is 24.3 Å². The fourth-order valence-corrected chi connectivity index (χ4v) is 2.99. The molecule has 0 spiro atoms. The van der Waals surface area contributed by atoms with Crippen LogP contribution in [-0.2, 0) is 4.74 Å². The molecule has 1 aromatic rings. The molecule has 0 saturated carbocycles. The quantitative estimate of drug-likeness (QED) is 0.856. The van der Waals surface area contributed by atoms with Gasteiger partial charge in [0.1, 0.15) is 5.75 Å². The van der Waals surface area contributed by atoms with Crippen LogP contribution in [0.2, 0.25) is 0 Å². The van der Waals surface area contributed by atoms with Crippen molar-refractivity contribution in [3.63, 3.8) is 0 Å². The van der Waals surface area contributed by atoms with Gasteiger partial charge in [-0.2, -0.15) is 0 Å². The normalized spacial score (nSPS) is 27.3. The minimum atomic E-state index is 0.0362. The van der Waals surface area contributed by atoms with Gasteiger partial charge in [0.15, 0.2) is 0 Å². The molecule has 3 unspecified atom stereocenters. The Morgan fingerprint density at radius 1 is 1.33 bits per heavy atom. The molecule has 3 heteroatoms. The first-order valence-electron chi connectivity index (χ1n) is 8.19. The second kappa shape index (κ2) is 7.28. The van der Waals surface area contributed by atoms with Crippen molar-refractivity contribution in [3.8, 4) is 5.75 Å². The van der Waals surface area contributed by atoms with Crippen LogP contribution in [0.3, 0.4) is 0 Å². The van der Waals surface area contributed by atoms with Crippen LogP contribution in [0.1, 0.15) is 58.6 Å². The molecule has 0 radical (unpaired) electrons. The van der Waals surface area contributed by atoms with Gasteiger partial charge in [-0.15, -0.1) is 0 Å². The Kier molecular flexibility index (Phi) is 5.65. The van der Waals surface area contributed by atoms with Crippen molar-refractivity contribution in [2.45, 2.75) is 64.6 Å². The molecule has 118 valence electrons. The van der Waals surface area contributed by atoms with Crippen LogP contribution in [0.4, 0.5) is 0 Å². The summed E-state index contributed by atoms with van der Waals surface area (Å²) in [6, 6.07) is 9.30. The Balaban J connectivity index is 1.92. The summed E-state index contributed by atoms with van der Waals surface area (Å²) < 4.78 is 11.4. The maximum absolute atomic E-state index is 5.92. The molecule has 0 amide bonds. The lowest BCUT2D eigenvalue weighted by molar-refractivity contribution is -0.0789. The predicted molar refractivity (Wildman–Crippen MR) is 86.8 cm³/mol. The van der Waals surface area contributed by atoms with Crippen LogP contribution >= 0.6 is 0 Å². The van der Waals surface area contributed by atoms with Gasteiger partial charge in [0, 0.05) is 18.7 Å². The van der Waals surface area contributed by atoms with Crippen molar-refractivity contribution >= 4 is 0 Å². The summed E-state index contributed by atoms with van der Waals surface area (Å²) >= 11 is 0. The third-order valence-corrected chi connectivity index (χ3v) is 4.52. The molecule has 1 aliphatic heterocycles. The van der Waals surface area contributed by atoms with Crippen molar-refractivity contribution in [3.05, 3.63) is 29.8 Å². The van der Waals surface area contributed by atoms with Gasteiger partial charge in [-0.1, -0.05) is 19.1 Å². The van der Waals surface area contributed by atoms with Gasteiger partial charge in [-0.3, -0.25) is 0 Å². The van der Waals surface area contributed by atoms with Crippen molar-refractivity contribution in [2.24, 2.45) is 0 Å². The first kappa shape index (κ1) is 16.3. The highest BCUT2D eigenvalue weighted by Crippen LogP contribution is 2.29. The highest BCUT2D eigenvalue weighted by Gasteiger charge is 2.32. The molecule has 0 bridgehead atoms. The summed E-state index contributed by atoms with van der Waals surface area (Å²) in [6.45, 7) is 10.2. The first-order chi connectivity index (χ1) is 10.1. The lowest BCUT2D eigenvalue weighted by atomic mass is 9.89. The molecule has 0 aliphatic carbocycles. The van der Waals surface area contributed by atoms with E-state index in [1.165, 1.54) is 5.56 Å². The van der Waals surface area contributed by atoms with Gasteiger partial charge in [0.2, 0.25) is 0 Å². The van der Waals surface area contributed by atoms with E-state index in [0.29, 0.717) is 18.7 Å². The Morgan fingerprint density at radius 3 is 2.67 bits per heavy atom. The maximum Gasteiger partial charge on any atom is 0.119 e. The van der Waals surface area contributed by atoms with Crippen molar-refractivity contribution in [1.82, 2.24) is 5.32 Å². The van der Waals surface area contributed by atoms with Gasteiger partial charge in [-0.05, 0) is 57.7 Å². The second-order valence-corrected chi connectivity index (χ2v) is 6.23. The van der Waals surface area contributed by atoms with E-state index in [2.05, 4.69) is 50.4 Å². The molecular formula is C18H29NO2. The number of nitrogens with one attached hydrogen (secondary N) is 1. The van der Waals surface area contributed by atoms with E-state index in [1.807, 2.05) is 6.92 Å². The highest BCUT2D eigenvalue weighted by atomic mass is 16.5. The van der Waals surface area contributed by atoms with E-state index in [4.69, 9.17) is 9.47 Å². The summed E-state index contributed by atoms with van der Waals surface area (Å²) in [5, 5.41) is 3.76. The summed E-state index contributed by atoms with van der Waals surface area (Å²) in [6.07, 6.45) is 3.25. The van der Waals surface area contributed by atoms with Crippen LogP contribution in [0.5, 0.6) is 5.75 Å². The second-order valence-electron chi connectivity index (χ2n) is 6.23. The minimum Gasteiger partial charge on any atom is -0.494 e. The van der Waals surface area contributed by atoms with E-state index in [-0.39, 0.29) is 5.60 Å². The molecule has 21 heavy (non-hydrogen) atoms. The first-order valence-corrected chi connectivity index (χ1v) is 8.19. The summed E-state index contributed by atoms with van der Waals surface area (Å²) in [5.41, 5.74) is 1.34. The molecule has 1 aromatic carbocycles. The molecule has 2 rings (SSSR count). The van der Waals surface area contributed by atoms with E-state index in [9.17, 15) is 0 Å². The molecule has 3 atom stereocenters. The Hall–Kier alpha value is -1.06. The van der Waals surface area contributed by atoms with E-state index in [1.54, 1.807) is 0 Å². The average molecular weight is 291 g/mol. The standard InChI is InChI=1S/C18H29NO2/c1-5-18(4)13-16(11-12-21-18)19-14(3)15-7-9-17(10-8-15)20-6-2/h7-10,14,16,19H,5-6,11-13H2,1-4H3. The number of rotatable bonds is 6. The molecule has 1 aliphatic rings. The average Bonchev–Trinajstić information content (AvgIpc) is 2.48. The van der Waals surface area contributed by atoms with Gasteiger partial charge in [-0.25, -0.2) is 0 Å². The zero-order valence-electron chi connectivity index (χ0n) is 13.8. The summed E-state index contributed by atoms with van der Waals surface area (Å²) in [5.74, 6) is 0.943. The van der Waals surface area contributed by atoms with E-state index in [0.717, 1.165) is 31.6 Å². The van der Waals surface area contributed by atoms with Crippen LogP contribution < -0.4 is 10.1 Å². The van der Waals surface area contributed by atoms with Crippen molar-refractivity contribution < 1.29 is 9.47 Å². The Morgan fingerprint density at radius 2 is 2.05 bits per heavy atom. The van der Waals surface area contributed by atoms with Gasteiger partial charge in [0.05, 0.1) is 12.2 Å². The maximum atomic E-state index is 5.92. The zero-order valence-corrected chi connectivity index (χ0v) is 13.8. The number of ether oxygens (including phenoxy) is 2. The van der Waals surface area contributed by atoms with Crippen molar-refractivity contribution in [2.75, 3.05) is 13.2 Å². The highest BCUT2D eigenvalue weighted by molar-refractivity contribution is 5.29. The largest absolute Gasteiger partial charge is 0.494 e. The Bertz CT molecular complexity index is 431. The molecular weight excluding hydrogens is 262 g/mol. The van der Waals surface area contributed by atoms with Gasteiger partial charge >= 0.3 is 0 Å². The third kappa shape index (κ3) is 4.45. The monoisotopic (exact) mass is 291 g/mol. The zero-order chi connectivity index (χ0) is 15.3. The minimum absolute atomic E-state index is 0.0362. The van der Waals surface area contributed by atoms with Crippen LogP contribution in [0, 0.1) is 0 Å². The third-order valence-electron chi connectivity index (χ3n) is 4.52. The molecule has 1 heterocycles. The smallest absolute Gasteiger partial charge is 0.119 e. The van der Waals surface area contributed by atoms with Crippen LogP contribution in [-0.4, -0.2) is 24.9 Å². The topological polar surface area (TPSA) is 30.5 Å². The van der Waals surface area contributed by atoms with E-state index >= 15 is 0 Å². The molecule has 1 saturated heterocycles. The fourth-order valence-electron chi connectivity index (χ4n) is 2.99. The molecule has 3 nitrogen and oxygen atoms in total. The summed E-state index contributed by atoms with van der Waals surface area (Å²) in [7, 11) is 0. The Labute approximate surface area is 129 Å². The predicted octanol–water partition coefficient (Wildman–Crippen LogP) is 4.08. The van der Waals surface area contributed by atoms with Crippen molar-refractivity contribution in [1.29, 1.82) is 0 Å². The molecule has 0 aromatic heterocycles. The molecule has 1 N–H and O–H groups in total. The van der Waals surface area contributed by atoms with Gasteiger partial charge < -0.3 is 14.8 Å². The van der Waals surface area contributed by atoms with E-state index < -0.39 is 0 Å². The SMILES string of the molecule is CCOc1ccc(C(C)NC2CCOC(C)(CC)C2)cc1. The van der Waals surface area contributed by atoms with Gasteiger partial charge in [0.25, 0.3) is 0 Å². The number of hydrogen-bond acceptors (Lipinski definition) is 3. The fraction of sp³-hybridized carbons (Fsp3) is 0.667. The lowest BCUT2D eigenvalue weighted by Gasteiger charge is -2.39.